The van der Waals surface area contributed by atoms with Gasteiger partial charge >= 0.3 is 0 Å². The molecule has 0 saturated heterocycles. The summed E-state index contributed by atoms with van der Waals surface area (Å²) in [7, 11) is 0. The summed E-state index contributed by atoms with van der Waals surface area (Å²) in [5.41, 5.74) is 1.68. The van der Waals surface area contributed by atoms with Crippen molar-refractivity contribution in [2.24, 2.45) is 5.92 Å². The average molecular weight is 345 g/mol. The van der Waals surface area contributed by atoms with Crippen molar-refractivity contribution >= 4 is 11.8 Å². The molecule has 0 amide bonds. The Hall–Kier alpha value is -0.690. The lowest BCUT2D eigenvalue weighted by atomic mass is 9.99. The van der Waals surface area contributed by atoms with E-state index in [4.69, 9.17) is 0 Å². The summed E-state index contributed by atoms with van der Waals surface area (Å²) < 4.78 is 0. The van der Waals surface area contributed by atoms with Crippen molar-refractivity contribution in [2.45, 2.75) is 88.9 Å². The van der Waals surface area contributed by atoms with E-state index in [0.29, 0.717) is 0 Å². The molecule has 1 aliphatic rings. The third-order valence-corrected chi connectivity index (χ3v) is 6.27. The summed E-state index contributed by atoms with van der Waals surface area (Å²) in [6.07, 6.45) is 19.7. The molecule has 0 spiro atoms. The molecule has 1 aliphatic carbocycles. The number of thioether (sulfide) groups is 1. The zero-order valence-electron chi connectivity index (χ0n) is 15.6. The molecule has 1 heteroatoms. The Morgan fingerprint density at radius 2 is 1.54 bits per heavy atom. The molecule has 1 unspecified atom stereocenters. The van der Waals surface area contributed by atoms with Crippen molar-refractivity contribution in [3.05, 3.63) is 42.0 Å². The monoisotopic (exact) mass is 344 g/mol. The smallest absolute Gasteiger partial charge is 0.0190 e. The third kappa shape index (κ3) is 8.42. The summed E-state index contributed by atoms with van der Waals surface area (Å²) >= 11 is 1.99. The molecule has 0 heterocycles. The highest BCUT2D eigenvalue weighted by atomic mass is 32.2. The number of unbranched alkanes of at least 4 members (excludes halogenated alkanes) is 8. The topological polar surface area (TPSA) is 0 Å². The summed E-state index contributed by atoms with van der Waals surface area (Å²) in [5, 5.41) is 0. The van der Waals surface area contributed by atoms with Crippen molar-refractivity contribution in [3.8, 4) is 0 Å². The first kappa shape index (κ1) is 19.6. The van der Waals surface area contributed by atoms with Crippen LogP contribution in [0.2, 0.25) is 0 Å². The van der Waals surface area contributed by atoms with Crippen LogP contribution < -0.4 is 0 Å². The molecule has 0 radical (unpaired) electrons. The number of hydrogen-bond acceptors (Lipinski definition) is 1. The van der Waals surface area contributed by atoms with E-state index in [2.05, 4.69) is 43.3 Å². The van der Waals surface area contributed by atoms with Crippen LogP contribution in [0, 0.1) is 5.92 Å². The predicted octanol–water partition coefficient (Wildman–Crippen LogP) is 8.04. The lowest BCUT2D eigenvalue weighted by Crippen LogP contribution is -1.91. The van der Waals surface area contributed by atoms with Crippen LogP contribution in [0.1, 0.15) is 84.0 Å². The highest BCUT2D eigenvalue weighted by molar-refractivity contribution is 7.99. The van der Waals surface area contributed by atoms with E-state index in [-0.39, 0.29) is 0 Å². The van der Waals surface area contributed by atoms with Gasteiger partial charge in [0.2, 0.25) is 0 Å². The van der Waals surface area contributed by atoms with E-state index in [1.54, 1.807) is 5.57 Å². The van der Waals surface area contributed by atoms with Crippen molar-refractivity contribution in [3.63, 3.8) is 0 Å². The van der Waals surface area contributed by atoms with E-state index in [1.807, 2.05) is 11.8 Å². The third-order valence-electron chi connectivity index (χ3n) is 5.15. The van der Waals surface area contributed by atoms with Crippen molar-refractivity contribution < 1.29 is 0 Å². The fourth-order valence-electron chi connectivity index (χ4n) is 3.63. The fraction of sp³-hybridized carbons (Fsp3) is 0.652. The van der Waals surface area contributed by atoms with Crippen LogP contribution in [0.25, 0.3) is 0 Å². The Morgan fingerprint density at radius 1 is 0.875 bits per heavy atom. The first-order valence-corrected chi connectivity index (χ1v) is 11.2. The first-order chi connectivity index (χ1) is 11.9. The zero-order valence-corrected chi connectivity index (χ0v) is 16.5. The molecule has 0 nitrogen and oxygen atoms in total. The number of hydrogen-bond donors (Lipinski definition) is 0. The summed E-state index contributed by atoms with van der Waals surface area (Å²) in [6.45, 7) is 2.29. The van der Waals surface area contributed by atoms with Crippen LogP contribution in [0.15, 0.2) is 46.9 Å². The second-order valence-electron chi connectivity index (χ2n) is 7.34. The predicted molar refractivity (Wildman–Crippen MR) is 110 cm³/mol. The van der Waals surface area contributed by atoms with E-state index >= 15 is 0 Å². The first-order valence-electron chi connectivity index (χ1n) is 10.3. The molecule has 134 valence electrons. The van der Waals surface area contributed by atoms with Gasteiger partial charge in [-0.2, -0.15) is 0 Å². The SMILES string of the molecule is CCCCCCCCCCCC1C=C(CSc2ccccc2)CC1. The molecule has 2 rings (SSSR count). The summed E-state index contributed by atoms with van der Waals surface area (Å²) in [6, 6.07) is 10.8. The lowest BCUT2D eigenvalue weighted by molar-refractivity contribution is 0.506. The van der Waals surface area contributed by atoms with Gasteiger partial charge in [0.1, 0.15) is 0 Å². The van der Waals surface area contributed by atoms with Crippen molar-refractivity contribution in [1.29, 1.82) is 0 Å². The van der Waals surface area contributed by atoms with Crippen LogP contribution in [-0.4, -0.2) is 5.75 Å². The molecule has 0 N–H and O–H groups in total. The standard InChI is InChI=1S/C23H36S/c1-2-3-4-5-6-7-8-9-11-14-21-17-18-22(19-21)20-24-23-15-12-10-13-16-23/h10,12-13,15-16,19,21H,2-9,11,14,17-18,20H2,1H3. The molecule has 0 aromatic heterocycles. The molecule has 0 saturated carbocycles. The van der Waals surface area contributed by atoms with Gasteiger partial charge in [0, 0.05) is 10.6 Å². The summed E-state index contributed by atoms with van der Waals surface area (Å²) in [5.74, 6) is 2.07. The Balaban J connectivity index is 1.48. The maximum Gasteiger partial charge on any atom is 0.0190 e. The van der Waals surface area contributed by atoms with Gasteiger partial charge in [0.15, 0.2) is 0 Å². The highest BCUT2D eigenvalue weighted by Gasteiger charge is 2.15. The van der Waals surface area contributed by atoms with E-state index in [0.717, 1.165) is 5.92 Å². The molecule has 1 aromatic carbocycles. The molecular weight excluding hydrogens is 308 g/mol. The van der Waals surface area contributed by atoms with Gasteiger partial charge in [0.05, 0.1) is 0 Å². The van der Waals surface area contributed by atoms with Gasteiger partial charge in [-0.3, -0.25) is 0 Å². The summed E-state index contributed by atoms with van der Waals surface area (Å²) in [4.78, 5) is 1.40. The average Bonchev–Trinajstić information content (AvgIpc) is 3.07. The Morgan fingerprint density at radius 3 is 2.25 bits per heavy atom. The van der Waals surface area contributed by atoms with Crippen LogP contribution in [0.3, 0.4) is 0 Å². The minimum absolute atomic E-state index is 0.876. The van der Waals surface area contributed by atoms with E-state index < -0.39 is 0 Å². The fourth-order valence-corrected chi connectivity index (χ4v) is 4.57. The van der Waals surface area contributed by atoms with Crippen LogP contribution in [0.5, 0.6) is 0 Å². The Labute approximate surface area is 154 Å². The zero-order chi connectivity index (χ0) is 16.9. The minimum atomic E-state index is 0.876. The molecule has 24 heavy (non-hydrogen) atoms. The maximum atomic E-state index is 2.60. The molecule has 1 atom stereocenters. The largest absolute Gasteiger partial charge is 0.122 e. The van der Waals surface area contributed by atoms with Gasteiger partial charge in [-0.05, 0) is 37.3 Å². The quantitative estimate of drug-likeness (QED) is 0.198. The molecule has 0 fully saturated rings. The van der Waals surface area contributed by atoms with Gasteiger partial charge < -0.3 is 0 Å². The second-order valence-corrected chi connectivity index (χ2v) is 8.39. The van der Waals surface area contributed by atoms with Crippen molar-refractivity contribution in [1.82, 2.24) is 0 Å². The normalized spacial score (nSPS) is 17.2. The van der Waals surface area contributed by atoms with Gasteiger partial charge in [-0.15, -0.1) is 11.8 Å². The minimum Gasteiger partial charge on any atom is -0.122 e. The van der Waals surface area contributed by atoms with E-state index in [1.165, 1.54) is 87.7 Å². The second kappa shape index (κ2) is 12.6. The molecular formula is C23H36S. The van der Waals surface area contributed by atoms with Gasteiger partial charge in [0.25, 0.3) is 0 Å². The van der Waals surface area contributed by atoms with Gasteiger partial charge in [-0.1, -0.05) is 94.6 Å². The Bertz CT molecular complexity index is 448. The van der Waals surface area contributed by atoms with Crippen LogP contribution in [0.4, 0.5) is 0 Å². The maximum absolute atomic E-state index is 2.60. The number of benzene rings is 1. The lowest BCUT2D eigenvalue weighted by Gasteiger charge is -2.06. The Kier molecular flexibility index (Phi) is 10.3. The molecule has 1 aromatic rings. The number of allylic oxidation sites excluding steroid dienone is 1. The number of rotatable bonds is 13. The van der Waals surface area contributed by atoms with Crippen LogP contribution >= 0.6 is 11.8 Å². The van der Waals surface area contributed by atoms with Crippen LogP contribution in [-0.2, 0) is 0 Å². The highest BCUT2D eigenvalue weighted by Crippen LogP contribution is 2.32. The molecule has 0 bridgehead atoms. The van der Waals surface area contributed by atoms with Crippen molar-refractivity contribution in [2.75, 3.05) is 5.75 Å². The molecule has 0 aliphatic heterocycles. The van der Waals surface area contributed by atoms with E-state index in [9.17, 15) is 0 Å². The van der Waals surface area contributed by atoms with Gasteiger partial charge in [-0.25, -0.2) is 0 Å².